The summed E-state index contributed by atoms with van der Waals surface area (Å²) < 4.78 is 13.6. The third kappa shape index (κ3) is 2.81. The zero-order valence-electron chi connectivity index (χ0n) is 11.6. The number of hydrogen-bond donors (Lipinski definition) is 2. The van der Waals surface area contributed by atoms with Crippen LogP contribution in [-0.2, 0) is 17.6 Å². The van der Waals surface area contributed by atoms with Crippen LogP contribution >= 0.6 is 0 Å². The van der Waals surface area contributed by atoms with Gasteiger partial charge in [0.1, 0.15) is 5.82 Å². The fourth-order valence-corrected chi connectivity index (χ4v) is 2.85. The van der Waals surface area contributed by atoms with E-state index in [1.807, 2.05) is 24.3 Å². The van der Waals surface area contributed by atoms with Crippen molar-refractivity contribution in [1.82, 2.24) is 5.32 Å². The fourth-order valence-electron chi connectivity index (χ4n) is 2.85. The minimum atomic E-state index is -0.358. The largest absolute Gasteiger partial charge is 0.347 e. The van der Waals surface area contributed by atoms with Crippen molar-refractivity contribution in [2.24, 2.45) is 5.73 Å². The van der Waals surface area contributed by atoms with Crippen molar-refractivity contribution in [3.8, 4) is 0 Å². The Balaban J connectivity index is 1.72. The standard InChI is InChI=1S/C17H17FN2O/c18-14-8-4-2-6-12(14)10-16(21)20-17-13-7-3-1-5-11(13)9-15(17)19/h1-8,15,17H,9-10,19H2,(H,20,21). The molecule has 1 amide bonds. The van der Waals surface area contributed by atoms with Crippen molar-refractivity contribution in [2.75, 3.05) is 0 Å². The number of halogens is 1. The third-order valence-electron chi connectivity index (χ3n) is 3.90. The highest BCUT2D eigenvalue weighted by Crippen LogP contribution is 2.30. The number of hydrogen-bond acceptors (Lipinski definition) is 2. The first-order valence-electron chi connectivity index (χ1n) is 7.01. The summed E-state index contributed by atoms with van der Waals surface area (Å²) >= 11 is 0. The van der Waals surface area contributed by atoms with Gasteiger partial charge in [0, 0.05) is 6.04 Å². The molecule has 2 aromatic rings. The zero-order valence-corrected chi connectivity index (χ0v) is 11.6. The van der Waals surface area contributed by atoms with Gasteiger partial charge in [-0.2, -0.15) is 0 Å². The van der Waals surface area contributed by atoms with Crippen LogP contribution in [0.4, 0.5) is 4.39 Å². The molecule has 2 unspecified atom stereocenters. The number of fused-ring (bicyclic) bond motifs is 1. The van der Waals surface area contributed by atoms with Gasteiger partial charge in [-0.15, -0.1) is 0 Å². The molecule has 0 bridgehead atoms. The zero-order chi connectivity index (χ0) is 14.8. The van der Waals surface area contributed by atoms with Crippen LogP contribution in [0.15, 0.2) is 48.5 Å². The molecule has 2 aromatic carbocycles. The van der Waals surface area contributed by atoms with Gasteiger partial charge in [0.25, 0.3) is 0 Å². The van der Waals surface area contributed by atoms with E-state index in [-0.39, 0.29) is 30.2 Å². The molecule has 0 saturated heterocycles. The lowest BCUT2D eigenvalue weighted by Gasteiger charge is -2.18. The molecule has 21 heavy (non-hydrogen) atoms. The topological polar surface area (TPSA) is 55.1 Å². The Bertz CT molecular complexity index is 671. The fraction of sp³-hybridized carbons (Fsp3) is 0.235. The molecule has 0 aliphatic heterocycles. The molecular formula is C17H17FN2O. The van der Waals surface area contributed by atoms with E-state index in [1.54, 1.807) is 18.2 Å². The Kier molecular flexibility index (Phi) is 3.71. The molecule has 108 valence electrons. The normalized spacial score (nSPS) is 20.1. The minimum Gasteiger partial charge on any atom is -0.347 e. The van der Waals surface area contributed by atoms with Gasteiger partial charge in [-0.25, -0.2) is 4.39 Å². The van der Waals surface area contributed by atoms with Crippen molar-refractivity contribution in [1.29, 1.82) is 0 Å². The maximum atomic E-state index is 13.6. The molecule has 0 heterocycles. The third-order valence-corrected chi connectivity index (χ3v) is 3.90. The molecule has 0 radical (unpaired) electrons. The molecule has 1 aliphatic carbocycles. The predicted molar refractivity (Wildman–Crippen MR) is 79.1 cm³/mol. The van der Waals surface area contributed by atoms with Gasteiger partial charge in [0.15, 0.2) is 0 Å². The molecule has 3 rings (SSSR count). The van der Waals surface area contributed by atoms with Crippen LogP contribution in [0.3, 0.4) is 0 Å². The molecule has 0 saturated carbocycles. The summed E-state index contributed by atoms with van der Waals surface area (Å²) in [6.07, 6.45) is 0.777. The van der Waals surface area contributed by atoms with E-state index < -0.39 is 0 Å². The molecule has 3 nitrogen and oxygen atoms in total. The van der Waals surface area contributed by atoms with E-state index in [1.165, 1.54) is 11.6 Å². The van der Waals surface area contributed by atoms with E-state index in [9.17, 15) is 9.18 Å². The predicted octanol–water partition coefficient (Wildman–Crippen LogP) is 2.11. The van der Waals surface area contributed by atoms with E-state index in [0.29, 0.717) is 5.56 Å². The van der Waals surface area contributed by atoms with Crippen molar-refractivity contribution < 1.29 is 9.18 Å². The van der Waals surface area contributed by atoms with Crippen LogP contribution in [0.1, 0.15) is 22.7 Å². The van der Waals surface area contributed by atoms with Crippen LogP contribution < -0.4 is 11.1 Å². The summed E-state index contributed by atoms with van der Waals surface area (Å²) in [4.78, 5) is 12.1. The second kappa shape index (κ2) is 5.66. The number of benzene rings is 2. The van der Waals surface area contributed by atoms with Gasteiger partial charge < -0.3 is 11.1 Å². The monoisotopic (exact) mass is 284 g/mol. The van der Waals surface area contributed by atoms with Gasteiger partial charge >= 0.3 is 0 Å². The van der Waals surface area contributed by atoms with Gasteiger partial charge in [-0.1, -0.05) is 42.5 Å². The number of nitrogens with two attached hydrogens (primary N) is 1. The number of nitrogens with one attached hydrogen (secondary N) is 1. The number of carbonyl (C=O) groups is 1. The van der Waals surface area contributed by atoms with E-state index in [4.69, 9.17) is 5.73 Å². The summed E-state index contributed by atoms with van der Waals surface area (Å²) in [5.41, 5.74) is 8.74. The van der Waals surface area contributed by atoms with Crippen molar-refractivity contribution in [2.45, 2.75) is 24.9 Å². The molecule has 0 spiro atoms. The van der Waals surface area contributed by atoms with Gasteiger partial charge in [0.2, 0.25) is 5.91 Å². The number of rotatable bonds is 3. The Hall–Kier alpha value is -2.20. The van der Waals surface area contributed by atoms with Crippen LogP contribution in [-0.4, -0.2) is 11.9 Å². The first-order chi connectivity index (χ1) is 10.1. The highest BCUT2D eigenvalue weighted by atomic mass is 19.1. The van der Waals surface area contributed by atoms with E-state index in [0.717, 1.165) is 12.0 Å². The van der Waals surface area contributed by atoms with Crippen molar-refractivity contribution >= 4 is 5.91 Å². The maximum Gasteiger partial charge on any atom is 0.225 e. The summed E-state index contributed by atoms with van der Waals surface area (Å²) in [5, 5.41) is 2.93. The summed E-state index contributed by atoms with van der Waals surface area (Å²) in [5.74, 6) is -0.568. The Morgan fingerprint density at radius 3 is 2.71 bits per heavy atom. The second-order valence-electron chi connectivity index (χ2n) is 5.38. The first-order valence-corrected chi connectivity index (χ1v) is 7.01. The molecule has 4 heteroatoms. The van der Waals surface area contributed by atoms with Gasteiger partial charge in [-0.3, -0.25) is 4.79 Å². The summed E-state index contributed by atoms with van der Waals surface area (Å²) in [7, 11) is 0. The van der Waals surface area contributed by atoms with Gasteiger partial charge in [-0.05, 0) is 29.2 Å². The Morgan fingerprint density at radius 1 is 1.19 bits per heavy atom. The molecular weight excluding hydrogens is 267 g/mol. The lowest BCUT2D eigenvalue weighted by atomic mass is 10.1. The van der Waals surface area contributed by atoms with Crippen LogP contribution in [0.25, 0.3) is 0 Å². The minimum absolute atomic E-state index is 0.0259. The maximum absolute atomic E-state index is 13.6. The van der Waals surface area contributed by atoms with E-state index in [2.05, 4.69) is 5.32 Å². The average Bonchev–Trinajstić information content (AvgIpc) is 2.78. The second-order valence-corrected chi connectivity index (χ2v) is 5.38. The highest BCUT2D eigenvalue weighted by molar-refractivity contribution is 5.79. The first kappa shape index (κ1) is 13.8. The number of carbonyl (C=O) groups excluding carboxylic acids is 1. The summed E-state index contributed by atoms with van der Waals surface area (Å²) in [6.45, 7) is 0. The van der Waals surface area contributed by atoms with Crippen molar-refractivity contribution in [3.05, 3.63) is 71.0 Å². The summed E-state index contributed by atoms with van der Waals surface area (Å²) in [6, 6.07) is 13.9. The van der Waals surface area contributed by atoms with Gasteiger partial charge in [0.05, 0.1) is 12.5 Å². The Morgan fingerprint density at radius 2 is 1.90 bits per heavy atom. The molecule has 3 N–H and O–H groups in total. The lowest BCUT2D eigenvalue weighted by Crippen LogP contribution is -2.39. The van der Waals surface area contributed by atoms with E-state index >= 15 is 0 Å². The molecule has 2 atom stereocenters. The average molecular weight is 284 g/mol. The smallest absolute Gasteiger partial charge is 0.225 e. The number of amides is 1. The Labute approximate surface area is 123 Å². The quantitative estimate of drug-likeness (QED) is 0.907. The highest BCUT2D eigenvalue weighted by Gasteiger charge is 2.30. The molecule has 1 aliphatic rings. The van der Waals surface area contributed by atoms with Crippen LogP contribution in [0.5, 0.6) is 0 Å². The van der Waals surface area contributed by atoms with Crippen molar-refractivity contribution in [3.63, 3.8) is 0 Å². The molecule has 0 fully saturated rings. The molecule has 0 aromatic heterocycles. The SMILES string of the molecule is NC1Cc2ccccc2C1NC(=O)Cc1ccccc1F. The van der Waals surface area contributed by atoms with Crippen LogP contribution in [0, 0.1) is 5.82 Å². The lowest BCUT2D eigenvalue weighted by molar-refractivity contribution is -0.121. The van der Waals surface area contributed by atoms with Crippen LogP contribution in [0.2, 0.25) is 0 Å².